The van der Waals surface area contributed by atoms with Gasteiger partial charge in [0.05, 0.1) is 12.6 Å². The van der Waals surface area contributed by atoms with Gasteiger partial charge in [0.25, 0.3) is 6.43 Å². The second-order valence-corrected chi connectivity index (χ2v) is 6.02. The van der Waals surface area contributed by atoms with E-state index in [0.29, 0.717) is 29.0 Å². The molecule has 0 fully saturated rings. The molecule has 3 rings (SSSR count). The number of benzene rings is 2. The predicted octanol–water partition coefficient (Wildman–Crippen LogP) is 4.02. The summed E-state index contributed by atoms with van der Waals surface area (Å²) < 4.78 is 32.2. The van der Waals surface area contributed by atoms with E-state index in [0.717, 1.165) is 10.2 Å². The van der Waals surface area contributed by atoms with Crippen molar-refractivity contribution in [2.24, 2.45) is 0 Å². The topological polar surface area (TPSA) is 64.3 Å². The molecular formula is C20H18F2N2O3. The average Bonchev–Trinajstić information content (AvgIpc) is 3.08. The van der Waals surface area contributed by atoms with Crippen molar-refractivity contribution in [1.82, 2.24) is 9.78 Å². The number of carbonyl (C=O) groups is 1. The zero-order valence-corrected chi connectivity index (χ0v) is 14.4. The molecule has 3 aromatic rings. The van der Waals surface area contributed by atoms with Gasteiger partial charge in [-0.1, -0.05) is 36.4 Å². The van der Waals surface area contributed by atoms with Gasteiger partial charge in [0.15, 0.2) is 0 Å². The molecule has 27 heavy (non-hydrogen) atoms. The van der Waals surface area contributed by atoms with Gasteiger partial charge in [-0.15, -0.1) is 0 Å². The molecule has 0 radical (unpaired) electrons. The van der Waals surface area contributed by atoms with E-state index in [1.165, 1.54) is 12.4 Å². The lowest BCUT2D eigenvalue weighted by atomic mass is 10.0. The number of alkyl halides is 2. The maximum atomic E-state index is 12.6. The van der Waals surface area contributed by atoms with Crippen LogP contribution in [0.1, 0.15) is 11.1 Å². The second kappa shape index (κ2) is 8.44. The van der Waals surface area contributed by atoms with Crippen molar-refractivity contribution in [3.8, 4) is 16.9 Å². The number of rotatable bonds is 8. The molecule has 1 N–H and O–H groups in total. The highest BCUT2D eigenvalue weighted by Gasteiger charge is 2.13. The van der Waals surface area contributed by atoms with Crippen LogP contribution >= 0.6 is 0 Å². The zero-order valence-electron chi connectivity index (χ0n) is 14.4. The number of hydrogen-bond donors (Lipinski definition) is 1. The second-order valence-electron chi connectivity index (χ2n) is 6.02. The Hall–Kier alpha value is -3.22. The highest BCUT2D eigenvalue weighted by Crippen LogP contribution is 2.32. The largest absolute Gasteiger partial charge is 0.488 e. The fourth-order valence-electron chi connectivity index (χ4n) is 2.69. The monoisotopic (exact) mass is 372 g/mol. The molecule has 0 saturated heterocycles. The Bertz CT molecular complexity index is 911. The van der Waals surface area contributed by atoms with Crippen LogP contribution in [-0.2, 0) is 24.4 Å². The number of carboxylic acids is 1. The normalized spacial score (nSPS) is 10.9. The number of nitrogens with zero attached hydrogens (tertiary/aromatic N) is 2. The minimum absolute atomic E-state index is 0.142. The molecule has 5 nitrogen and oxygen atoms in total. The number of aromatic nitrogens is 2. The molecule has 0 spiro atoms. The highest BCUT2D eigenvalue weighted by atomic mass is 19.3. The van der Waals surface area contributed by atoms with Crippen LogP contribution in [0.15, 0.2) is 60.9 Å². The molecule has 0 amide bonds. The fourth-order valence-corrected chi connectivity index (χ4v) is 2.69. The van der Waals surface area contributed by atoms with Crippen molar-refractivity contribution in [1.29, 1.82) is 0 Å². The summed E-state index contributed by atoms with van der Waals surface area (Å²) in [4.78, 5) is 11.0. The minimum Gasteiger partial charge on any atom is -0.488 e. The lowest BCUT2D eigenvalue weighted by molar-refractivity contribution is -0.136. The summed E-state index contributed by atoms with van der Waals surface area (Å²) in [5, 5.41) is 13.0. The van der Waals surface area contributed by atoms with E-state index < -0.39 is 18.9 Å². The van der Waals surface area contributed by atoms with Crippen molar-refractivity contribution in [3.63, 3.8) is 0 Å². The van der Waals surface area contributed by atoms with Gasteiger partial charge in [-0.2, -0.15) is 5.10 Å². The van der Waals surface area contributed by atoms with E-state index in [4.69, 9.17) is 9.84 Å². The molecule has 2 aromatic carbocycles. The van der Waals surface area contributed by atoms with Crippen LogP contribution < -0.4 is 4.74 Å². The number of carboxylic acid groups (broad SMARTS) is 1. The third-order valence-electron chi connectivity index (χ3n) is 3.91. The quantitative estimate of drug-likeness (QED) is 0.649. The number of hydrogen-bond acceptors (Lipinski definition) is 3. The highest BCUT2D eigenvalue weighted by molar-refractivity contribution is 5.74. The van der Waals surface area contributed by atoms with E-state index in [1.54, 1.807) is 18.2 Å². The Labute approximate surface area is 154 Å². The van der Waals surface area contributed by atoms with Crippen molar-refractivity contribution >= 4 is 5.97 Å². The SMILES string of the molecule is O=C(O)Cc1ccc(OCc2ccccc2)c(-c2cnn(CC(F)F)c2)c1. The first-order valence-electron chi connectivity index (χ1n) is 8.33. The molecule has 0 atom stereocenters. The lowest BCUT2D eigenvalue weighted by Crippen LogP contribution is -2.06. The average molecular weight is 372 g/mol. The molecule has 140 valence electrons. The first-order chi connectivity index (χ1) is 13.0. The van der Waals surface area contributed by atoms with Gasteiger partial charge in [-0.05, 0) is 23.3 Å². The van der Waals surface area contributed by atoms with E-state index >= 15 is 0 Å². The summed E-state index contributed by atoms with van der Waals surface area (Å²) in [5.41, 5.74) is 2.77. The molecule has 7 heteroatoms. The third-order valence-corrected chi connectivity index (χ3v) is 3.91. The van der Waals surface area contributed by atoms with E-state index in [1.807, 2.05) is 30.3 Å². The summed E-state index contributed by atoms with van der Waals surface area (Å²) in [6.07, 6.45) is 0.320. The Kier molecular flexibility index (Phi) is 5.80. The standard InChI is InChI=1S/C20H18F2N2O3/c21-19(22)12-24-11-16(10-23-24)17-8-15(9-20(25)26)6-7-18(17)27-13-14-4-2-1-3-5-14/h1-8,10-11,19H,9,12-13H2,(H,25,26). The van der Waals surface area contributed by atoms with E-state index in [2.05, 4.69) is 5.10 Å². The van der Waals surface area contributed by atoms with Crippen LogP contribution in [0.5, 0.6) is 5.75 Å². The summed E-state index contributed by atoms with van der Waals surface area (Å²) in [6.45, 7) is -0.174. The van der Waals surface area contributed by atoms with E-state index in [-0.39, 0.29) is 6.42 Å². The van der Waals surface area contributed by atoms with Crippen molar-refractivity contribution in [2.45, 2.75) is 26.0 Å². The first-order valence-corrected chi connectivity index (χ1v) is 8.33. The number of aliphatic carboxylic acids is 1. The summed E-state index contributed by atoms with van der Waals surface area (Å²) in [5.74, 6) is -0.420. The van der Waals surface area contributed by atoms with Gasteiger partial charge >= 0.3 is 5.97 Å². The first kappa shape index (κ1) is 18.6. The van der Waals surface area contributed by atoms with Gasteiger partial charge in [-0.25, -0.2) is 8.78 Å². The van der Waals surface area contributed by atoms with Gasteiger partial charge in [0.1, 0.15) is 18.9 Å². The zero-order chi connectivity index (χ0) is 19.2. The van der Waals surface area contributed by atoms with Gasteiger partial charge in [0.2, 0.25) is 0 Å². The third kappa shape index (κ3) is 5.13. The van der Waals surface area contributed by atoms with Crippen LogP contribution in [0.4, 0.5) is 8.78 Å². The van der Waals surface area contributed by atoms with Crippen molar-refractivity contribution in [3.05, 3.63) is 72.1 Å². The van der Waals surface area contributed by atoms with Crippen molar-refractivity contribution in [2.75, 3.05) is 0 Å². The maximum absolute atomic E-state index is 12.6. The summed E-state index contributed by atoms with van der Waals surface area (Å²) >= 11 is 0. The van der Waals surface area contributed by atoms with E-state index in [9.17, 15) is 13.6 Å². The molecule has 1 heterocycles. The molecule has 1 aromatic heterocycles. The Balaban J connectivity index is 1.89. The molecule has 0 unspecified atom stereocenters. The minimum atomic E-state index is -2.51. The maximum Gasteiger partial charge on any atom is 0.307 e. The smallest absolute Gasteiger partial charge is 0.307 e. The molecule has 0 aliphatic carbocycles. The molecule has 0 bridgehead atoms. The molecule has 0 aliphatic rings. The molecule has 0 aliphatic heterocycles. The molecular weight excluding hydrogens is 354 g/mol. The van der Waals surface area contributed by atoms with Crippen LogP contribution in [-0.4, -0.2) is 27.3 Å². The fraction of sp³-hybridized carbons (Fsp3) is 0.200. The van der Waals surface area contributed by atoms with Crippen LogP contribution in [0.25, 0.3) is 11.1 Å². The lowest BCUT2D eigenvalue weighted by Gasteiger charge is -2.12. The summed E-state index contributed by atoms with van der Waals surface area (Å²) in [7, 11) is 0. The predicted molar refractivity (Wildman–Crippen MR) is 95.8 cm³/mol. The number of halogens is 2. The Morgan fingerprint density at radius 3 is 2.63 bits per heavy atom. The number of ether oxygens (including phenoxy) is 1. The van der Waals surface area contributed by atoms with Crippen LogP contribution in [0, 0.1) is 0 Å². The van der Waals surface area contributed by atoms with Gasteiger partial charge in [0, 0.05) is 17.3 Å². The van der Waals surface area contributed by atoms with Crippen molar-refractivity contribution < 1.29 is 23.4 Å². The Morgan fingerprint density at radius 2 is 1.93 bits per heavy atom. The Morgan fingerprint density at radius 1 is 1.15 bits per heavy atom. The van der Waals surface area contributed by atoms with Gasteiger partial charge in [-0.3, -0.25) is 9.48 Å². The van der Waals surface area contributed by atoms with Gasteiger partial charge < -0.3 is 9.84 Å². The summed E-state index contributed by atoms with van der Waals surface area (Å²) in [6, 6.07) is 14.7. The molecule has 0 saturated carbocycles. The van der Waals surface area contributed by atoms with Crippen LogP contribution in [0.3, 0.4) is 0 Å². The van der Waals surface area contributed by atoms with Crippen LogP contribution in [0.2, 0.25) is 0 Å².